The molecule has 4 nitrogen and oxygen atoms in total. The van der Waals surface area contributed by atoms with Gasteiger partial charge in [0.2, 0.25) is 12.6 Å². The third kappa shape index (κ3) is 9.07. The van der Waals surface area contributed by atoms with Crippen LogP contribution in [0.15, 0.2) is 24.3 Å². The predicted octanol–water partition coefficient (Wildman–Crippen LogP) is 11.7. The second-order valence-electron chi connectivity index (χ2n) is 14.8. The maximum Gasteiger partial charge on any atom is 0.233 e. The summed E-state index contributed by atoms with van der Waals surface area (Å²) in [6.45, 7) is 23.8. The van der Waals surface area contributed by atoms with E-state index in [4.69, 9.17) is 14.2 Å². The molecule has 45 heavy (non-hydrogen) atoms. The average Bonchev–Trinajstić information content (AvgIpc) is 3.03. The van der Waals surface area contributed by atoms with E-state index >= 15 is 0 Å². The number of rotatable bonds is 20. The zero-order valence-electron chi connectivity index (χ0n) is 30.3. The van der Waals surface area contributed by atoms with Crippen LogP contribution < -0.4 is 9.47 Å². The van der Waals surface area contributed by atoms with Crippen LogP contribution in [0.4, 0.5) is 0 Å². The van der Waals surface area contributed by atoms with Gasteiger partial charge in [0.1, 0.15) is 11.5 Å². The molecule has 0 amide bonds. The Labute approximate surface area is 276 Å². The molecule has 4 rings (SSSR count). The number of aryl methyl sites for hydroxylation is 2. The monoisotopic (exact) mass is 621 g/mol. The molecule has 2 bridgehead atoms. The molecule has 0 aromatic heterocycles. The molecule has 2 unspecified atom stereocenters. The first-order valence-electron chi connectivity index (χ1n) is 18.9. The fraction of sp³-hybridized carbons (Fsp3) is 0.707. The van der Waals surface area contributed by atoms with E-state index in [0.717, 1.165) is 35.5 Å². The SMILES string of the molecule is CCCCCc1cc(C(C)C)c2c(c1)C1Oc3c(C(C)C)cc(CCCC[N+](CCCC)(CCCC)CCCC)cc3C(O2)O1. The zero-order chi connectivity index (χ0) is 32.4. The Morgan fingerprint density at radius 1 is 0.533 bits per heavy atom. The number of fused-ring (bicyclic) bond motifs is 6. The number of benzene rings is 2. The van der Waals surface area contributed by atoms with Crippen molar-refractivity contribution in [2.75, 3.05) is 26.2 Å². The zero-order valence-corrected chi connectivity index (χ0v) is 30.3. The number of nitrogens with zero attached hydrogens (tertiary/aromatic N) is 1. The van der Waals surface area contributed by atoms with Crippen molar-refractivity contribution in [3.05, 3.63) is 57.6 Å². The van der Waals surface area contributed by atoms with Crippen LogP contribution in [0, 0.1) is 0 Å². The lowest BCUT2D eigenvalue weighted by atomic mass is 9.91. The lowest BCUT2D eigenvalue weighted by molar-refractivity contribution is -0.929. The predicted molar refractivity (Wildman–Crippen MR) is 190 cm³/mol. The summed E-state index contributed by atoms with van der Waals surface area (Å²) in [4.78, 5) is 0. The van der Waals surface area contributed by atoms with Crippen molar-refractivity contribution in [1.82, 2.24) is 0 Å². The molecule has 2 aromatic rings. The molecule has 0 radical (unpaired) electrons. The molecule has 2 aliphatic heterocycles. The molecule has 2 heterocycles. The maximum absolute atomic E-state index is 6.77. The Morgan fingerprint density at radius 2 is 0.933 bits per heavy atom. The van der Waals surface area contributed by atoms with Crippen LogP contribution in [0.1, 0.15) is 184 Å². The van der Waals surface area contributed by atoms with Crippen molar-refractivity contribution < 1.29 is 18.7 Å². The van der Waals surface area contributed by atoms with Crippen molar-refractivity contribution in [1.29, 1.82) is 0 Å². The van der Waals surface area contributed by atoms with Gasteiger partial charge in [-0.15, -0.1) is 0 Å². The topological polar surface area (TPSA) is 27.7 Å². The van der Waals surface area contributed by atoms with Gasteiger partial charge in [-0.1, -0.05) is 99.6 Å². The van der Waals surface area contributed by atoms with E-state index in [1.807, 2.05) is 0 Å². The van der Waals surface area contributed by atoms with E-state index in [-0.39, 0.29) is 0 Å². The van der Waals surface area contributed by atoms with Gasteiger partial charge in [-0.2, -0.15) is 0 Å². The van der Waals surface area contributed by atoms with Crippen molar-refractivity contribution in [3.8, 4) is 11.5 Å². The lowest BCUT2D eigenvalue weighted by Gasteiger charge is -2.40. The highest BCUT2D eigenvalue weighted by molar-refractivity contribution is 5.53. The summed E-state index contributed by atoms with van der Waals surface area (Å²) in [6.07, 6.45) is 15.5. The Kier molecular flexibility index (Phi) is 13.7. The van der Waals surface area contributed by atoms with Crippen LogP contribution in [-0.4, -0.2) is 30.7 Å². The van der Waals surface area contributed by atoms with Gasteiger partial charge >= 0.3 is 0 Å². The van der Waals surface area contributed by atoms with Crippen LogP contribution >= 0.6 is 0 Å². The average molecular weight is 621 g/mol. The number of unbranched alkanes of at least 4 members (excludes halogenated alkanes) is 6. The Bertz CT molecular complexity index is 1180. The van der Waals surface area contributed by atoms with Crippen LogP contribution in [0.25, 0.3) is 0 Å². The van der Waals surface area contributed by atoms with Gasteiger partial charge in [0, 0.05) is 0 Å². The van der Waals surface area contributed by atoms with Crippen LogP contribution in [0.2, 0.25) is 0 Å². The molecular formula is C41H66NO3+. The fourth-order valence-corrected chi connectivity index (χ4v) is 7.41. The highest BCUT2D eigenvalue weighted by Crippen LogP contribution is 2.52. The molecule has 0 fully saturated rings. The number of quaternary nitrogens is 1. The first-order valence-corrected chi connectivity index (χ1v) is 18.9. The minimum absolute atomic E-state index is 0.366. The molecule has 0 saturated carbocycles. The van der Waals surface area contributed by atoms with E-state index in [1.54, 1.807) is 0 Å². The molecule has 0 saturated heterocycles. The van der Waals surface area contributed by atoms with Gasteiger partial charge in [0.15, 0.2) is 0 Å². The Morgan fingerprint density at radius 3 is 1.33 bits per heavy atom. The molecule has 252 valence electrons. The third-order valence-corrected chi connectivity index (χ3v) is 10.2. The summed E-state index contributed by atoms with van der Waals surface area (Å²) >= 11 is 0. The summed E-state index contributed by atoms with van der Waals surface area (Å²) in [5.41, 5.74) is 7.45. The minimum atomic E-state index is -0.423. The normalized spacial score (nSPS) is 17.3. The summed E-state index contributed by atoms with van der Waals surface area (Å²) in [6, 6.07) is 9.40. The molecule has 0 spiro atoms. The van der Waals surface area contributed by atoms with E-state index < -0.39 is 12.6 Å². The van der Waals surface area contributed by atoms with E-state index in [2.05, 4.69) is 79.7 Å². The second kappa shape index (κ2) is 17.2. The van der Waals surface area contributed by atoms with Gasteiger partial charge in [-0.05, 0) is 97.6 Å². The molecule has 4 heteroatoms. The Balaban J connectivity index is 1.54. The van der Waals surface area contributed by atoms with E-state index in [0.29, 0.717) is 11.8 Å². The molecule has 2 atom stereocenters. The van der Waals surface area contributed by atoms with Gasteiger partial charge in [0.05, 0.1) is 37.3 Å². The quantitative estimate of drug-likeness (QED) is 0.109. The summed E-state index contributed by atoms with van der Waals surface area (Å²) < 4.78 is 21.4. The summed E-state index contributed by atoms with van der Waals surface area (Å²) in [5.74, 6) is 2.70. The second-order valence-corrected chi connectivity index (χ2v) is 14.8. The maximum atomic E-state index is 6.77. The highest BCUT2D eigenvalue weighted by Gasteiger charge is 2.41. The van der Waals surface area contributed by atoms with Crippen molar-refractivity contribution in [2.45, 2.75) is 163 Å². The molecule has 0 N–H and O–H groups in total. The first-order chi connectivity index (χ1) is 21.8. The fourth-order valence-electron chi connectivity index (χ4n) is 7.41. The number of hydrogen-bond donors (Lipinski definition) is 0. The first kappa shape index (κ1) is 35.8. The van der Waals surface area contributed by atoms with Crippen LogP contribution in [-0.2, 0) is 17.6 Å². The molecule has 0 aliphatic carbocycles. The van der Waals surface area contributed by atoms with Gasteiger partial charge in [-0.3, -0.25) is 4.74 Å². The largest absolute Gasteiger partial charge is 0.459 e. The smallest absolute Gasteiger partial charge is 0.233 e. The van der Waals surface area contributed by atoms with Crippen LogP contribution in [0.3, 0.4) is 0 Å². The van der Waals surface area contributed by atoms with Crippen molar-refractivity contribution >= 4 is 0 Å². The van der Waals surface area contributed by atoms with Crippen molar-refractivity contribution in [2.24, 2.45) is 0 Å². The number of ether oxygens (including phenoxy) is 3. The third-order valence-electron chi connectivity index (χ3n) is 10.2. The van der Waals surface area contributed by atoms with E-state index in [1.165, 1.54) is 124 Å². The van der Waals surface area contributed by atoms with Gasteiger partial charge < -0.3 is 14.0 Å². The van der Waals surface area contributed by atoms with Crippen LogP contribution in [0.5, 0.6) is 11.5 Å². The van der Waals surface area contributed by atoms with Gasteiger partial charge in [0.25, 0.3) is 0 Å². The van der Waals surface area contributed by atoms with Crippen molar-refractivity contribution in [3.63, 3.8) is 0 Å². The summed E-state index contributed by atoms with van der Waals surface area (Å²) in [5, 5.41) is 0. The Hall–Kier alpha value is -2.04. The van der Waals surface area contributed by atoms with Gasteiger partial charge in [-0.25, -0.2) is 0 Å². The molecular weight excluding hydrogens is 554 g/mol. The minimum Gasteiger partial charge on any atom is -0.459 e. The molecule has 2 aromatic carbocycles. The molecule has 2 aliphatic rings. The lowest BCUT2D eigenvalue weighted by Crippen LogP contribution is -2.50. The standard InChI is InChI=1S/C41H66NO3/c1-9-13-17-20-32-26-34(30(5)6)38-36(28-32)40-44-39-35(31(7)8)27-33(29-37(39)41(43-38)45-40)21-18-19-25-42(22-14-10-2,23-15-11-3)24-16-12-4/h26-31,40-41H,9-25H2,1-8H3/q+1. The highest BCUT2D eigenvalue weighted by atomic mass is 16.8. The summed E-state index contributed by atoms with van der Waals surface area (Å²) in [7, 11) is 0. The number of hydrogen-bond acceptors (Lipinski definition) is 3. The van der Waals surface area contributed by atoms with E-state index in [9.17, 15) is 0 Å².